The largest absolute Gasteiger partial charge is 0.508 e. The number of aromatic hydroxyl groups is 1. The molecule has 23 heavy (non-hydrogen) atoms. The van der Waals surface area contributed by atoms with E-state index in [4.69, 9.17) is 0 Å². The smallest absolute Gasteiger partial charge is 0.117 e. The molecule has 0 bridgehead atoms. The van der Waals surface area contributed by atoms with Crippen molar-refractivity contribution in [1.29, 1.82) is 0 Å². The van der Waals surface area contributed by atoms with Crippen LogP contribution in [0.2, 0.25) is 0 Å². The van der Waals surface area contributed by atoms with E-state index in [0.717, 1.165) is 22.2 Å². The molecule has 1 aromatic carbocycles. The Kier molecular flexibility index (Phi) is 11.8. The van der Waals surface area contributed by atoms with Crippen LogP contribution in [0.1, 0.15) is 48.0 Å². The zero-order valence-electron chi connectivity index (χ0n) is 15.1. The molecule has 0 saturated carbocycles. The van der Waals surface area contributed by atoms with E-state index < -0.39 is 0 Å². The quantitative estimate of drug-likeness (QED) is 0.486. The molecule has 126 valence electrons. The lowest BCUT2D eigenvalue weighted by molar-refractivity contribution is 0.476. The van der Waals surface area contributed by atoms with Gasteiger partial charge in [-0.3, -0.25) is 4.98 Å². The van der Waals surface area contributed by atoms with E-state index in [1.807, 2.05) is 46.8 Å². The maximum absolute atomic E-state index is 9.50. The van der Waals surface area contributed by atoms with Crippen LogP contribution in [0.4, 0.5) is 0 Å². The van der Waals surface area contributed by atoms with Crippen LogP contribution in [0, 0.1) is 0 Å². The number of phenols is 1. The molecule has 0 atom stereocenters. The van der Waals surface area contributed by atoms with Crippen molar-refractivity contribution < 1.29 is 5.11 Å². The predicted octanol–water partition coefficient (Wildman–Crippen LogP) is 6.95. The van der Waals surface area contributed by atoms with Crippen molar-refractivity contribution in [2.45, 2.75) is 52.9 Å². The minimum atomic E-state index is 0.249. The van der Waals surface area contributed by atoms with Crippen LogP contribution < -0.4 is 0 Å². The van der Waals surface area contributed by atoms with Crippen molar-refractivity contribution in [1.82, 2.24) is 4.98 Å². The van der Waals surface area contributed by atoms with Crippen molar-refractivity contribution in [3.8, 4) is 5.75 Å². The Balaban J connectivity index is 0.00000112. The molecule has 3 heteroatoms. The number of thioether (sulfide) groups is 1. The Morgan fingerprint density at radius 3 is 2.48 bits per heavy atom. The van der Waals surface area contributed by atoms with Gasteiger partial charge in [0.2, 0.25) is 0 Å². The Morgan fingerprint density at radius 2 is 1.87 bits per heavy atom. The van der Waals surface area contributed by atoms with Crippen LogP contribution in [0.3, 0.4) is 0 Å². The van der Waals surface area contributed by atoms with E-state index in [2.05, 4.69) is 30.1 Å². The average Bonchev–Trinajstić information content (AvgIpc) is 2.61. The van der Waals surface area contributed by atoms with Crippen molar-refractivity contribution in [2.75, 3.05) is 0 Å². The van der Waals surface area contributed by atoms with Gasteiger partial charge in [-0.1, -0.05) is 64.6 Å². The molecular formula is C20H29NOS. The Hall–Kier alpha value is -1.74. The first kappa shape index (κ1) is 21.3. The highest BCUT2D eigenvalue weighted by Gasteiger charge is 2.04. The SMILES string of the molecule is C/C=C(\C=C/CC)Sc1ccnc2cc(O)ccc12.CC.CC. The summed E-state index contributed by atoms with van der Waals surface area (Å²) >= 11 is 1.72. The summed E-state index contributed by atoms with van der Waals surface area (Å²) < 4.78 is 0. The summed E-state index contributed by atoms with van der Waals surface area (Å²) in [6.07, 6.45) is 9.20. The second-order valence-corrected chi connectivity index (χ2v) is 5.23. The van der Waals surface area contributed by atoms with Gasteiger partial charge in [0.15, 0.2) is 0 Å². The highest BCUT2D eigenvalue weighted by atomic mass is 32.2. The van der Waals surface area contributed by atoms with Gasteiger partial charge in [-0.2, -0.15) is 0 Å². The maximum Gasteiger partial charge on any atom is 0.117 e. The number of hydrogen-bond donors (Lipinski definition) is 1. The fourth-order valence-corrected chi connectivity index (χ4v) is 2.70. The molecule has 1 aromatic heterocycles. The Labute approximate surface area is 145 Å². The van der Waals surface area contributed by atoms with Crippen molar-refractivity contribution >= 4 is 22.7 Å². The molecule has 0 spiro atoms. The number of hydrogen-bond acceptors (Lipinski definition) is 3. The third-order valence-corrected chi connectivity index (χ3v) is 3.90. The summed E-state index contributed by atoms with van der Waals surface area (Å²) in [5, 5.41) is 10.6. The van der Waals surface area contributed by atoms with Gasteiger partial charge < -0.3 is 5.11 Å². The Morgan fingerprint density at radius 1 is 1.17 bits per heavy atom. The normalized spacial score (nSPS) is 10.8. The van der Waals surface area contributed by atoms with E-state index in [1.165, 1.54) is 4.91 Å². The number of pyridine rings is 1. The summed E-state index contributed by atoms with van der Waals surface area (Å²) in [5.74, 6) is 0.249. The molecule has 1 N–H and O–H groups in total. The van der Waals surface area contributed by atoms with E-state index in [9.17, 15) is 5.11 Å². The fourth-order valence-electron chi connectivity index (χ4n) is 1.75. The molecule has 0 aliphatic carbocycles. The number of nitrogens with zero attached hydrogens (tertiary/aromatic N) is 1. The predicted molar refractivity (Wildman–Crippen MR) is 105 cm³/mol. The molecule has 2 rings (SSSR count). The minimum Gasteiger partial charge on any atom is -0.508 e. The van der Waals surface area contributed by atoms with Gasteiger partial charge in [0, 0.05) is 27.5 Å². The van der Waals surface area contributed by atoms with Gasteiger partial charge >= 0.3 is 0 Å². The number of phenolic OH excluding ortho intramolecular Hbond substituents is 1. The average molecular weight is 332 g/mol. The molecule has 0 aliphatic heterocycles. The molecule has 0 radical (unpaired) electrons. The lowest BCUT2D eigenvalue weighted by Crippen LogP contribution is -1.82. The number of allylic oxidation sites excluding steroid dienone is 3. The topological polar surface area (TPSA) is 33.1 Å². The molecule has 0 unspecified atom stereocenters. The zero-order chi connectivity index (χ0) is 17.7. The van der Waals surface area contributed by atoms with Crippen LogP contribution in [0.5, 0.6) is 5.75 Å². The summed E-state index contributed by atoms with van der Waals surface area (Å²) in [4.78, 5) is 6.65. The highest BCUT2D eigenvalue weighted by molar-refractivity contribution is 8.03. The standard InChI is InChI=1S/C16H17NOS.2C2H6/c1-3-5-6-13(4-2)19-16-9-10-17-15-11-12(18)7-8-14(15)16;2*1-2/h4-11,18H,3H2,1-2H3;2*1-2H3/b6-5-,13-4+;;. The number of fused-ring (bicyclic) bond motifs is 1. The lowest BCUT2D eigenvalue weighted by Gasteiger charge is -2.06. The van der Waals surface area contributed by atoms with E-state index >= 15 is 0 Å². The minimum absolute atomic E-state index is 0.249. The van der Waals surface area contributed by atoms with Gasteiger partial charge in [0.05, 0.1) is 5.52 Å². The first-order valence-electron chi connectivity index (χ1n) is 8.33. The monoisotopic (exact) mass is 331 g/mol. The van der Waals surface area contributed by atoms with Gasteiger partial charge in [0.1, 0.15) is 5.75 Å². The molecule has 0 aliphatic rings. The van der Waals surface area contributed by atoms with Crippen LogP contribution in [-0.2, 0) is 0 Å². The maximum atomic E-state index is 9.50. The zero-order valence-corrected chi connectivity index (χ0v) is 15.9. The molecule has 1 heterocycles. The molecular weight excluding hydrogens is 302 g/mol. The second kappa shape index (κ2) is 12.8. The third-order valence-electron chi connectivity index (χ3n) is 2.72. The van der Waals surface area contributed by atoms with E-state index in [0.29, 0.717) is 0 Å². The van der Waals surface area contributed by atoms with Gasteiger partial charge in [0.25, 0.3) is 0 Å². The van der Waals surface area contributed by atoms with Crippen molar-refractivity contribution in [2.24, 2.45) is 0 Å². The summed E-state index contributed by atoms with van der Waals surface area (Å²) in [7, 11) is 0. The molecule has 2 nitrogen and oxygen atoms in total. The summed E-state index contributed by atoms with van der Waals surface area (Å²) in [6, 6.07) is 7.31. The van der Waals surface area contributed by atoms with Gasteiger partial charge in [-0.05, 0) is 31.5 Å². The number of benzene rings is 1. The van der Waals surface area contributed by atoms with Crippen molar-refractivity contribution in [3.05, 3.63) is 53.6 Å². The third kappa shape index (κ3) is 6.91. The van der Waals surface area contributed by atoms with Gasteiger partial charge in [-0.15, -0.1) is 0 Å². The molecule has 0 saturated heterocycles. The first-order valence-corrected chi connectivity index (χ1v) is 9.14. The van der Waals surface area contributed by atoms with Crippen LogP contribution in [0.15, 0.2) is 58.5 Å². The molecule has 0 amide bonds. The highest BCUT2D eigenvalue weighted by Crippen LogP contribution is 2.33. The van der Waals surface area contributed by atoms with Crippen LogP contribution in [0.25, 0.3) is 10.9 Å². The second-order valence-electron chi connectivity index (χ2n) is 4.11. The summed E-state index contributed by atoms with van der Waals surface area (Å²) in [5.41, 5.74) is 0.819. The Bertz CT molecular complexity index is 633. The van der Waals surface area contributed by atoms with Gasteiger partial charge in [-0.25, -0.2) is 0 Å². The summed E-state index contributed by atoms with van der Waals surface area (Å²) in [6.45, 7) is 12.2. The molecule has 2 aromatic rings. The number of aromatic nitrogens is 1. The van der Waals surface area contributed by atoms with Crippen molar-refractivity contribution in [3.63, 3.8) is 0 Å². The first-order chi connectivity index (χ1) is 11.2. The van der Waals surface area contributed by atoms with E-state index in [-0.39, 0.29) is 5.75 Å². The molecule has 0 fully saturated rings. The fraction of sp³-hybridized carbons (Fsp3) is 0.350. The number of rotatable bonds is 4. The lowest BCUT2D eigenvalue weighted by atomic mass is 10.2. The van der Waals surface area contributed by atoms with Crippen LogP contribution >= 0.6 is 11.8 Å². The van der Waals surface area contributed by atoms with Crippen LogP contribution in [-0.4, -0.2) is 10.1 Å². The van der Waals surface area contributed by atoms with E-state index in [1.54, 1.807) is 30.1 Å².